The van der Waals surface area contributed by atoms with Gasteiger partial charge >= 0.3 is 0 Å². The Morgan fingerprint density at radius 2 is 1.80 bits per heavy atom. The van der Waals surface area contributed by atoms with Crippen LogP contribution in [0.5, 0.6) is 0 Å². The van der Waals surface area contributed by atoms with Crippen LogP contribution in [0.3, 0.4) is 0 Å². The number of nitrogens with two attached hydrogens (primary N) is 1. The minimum absolute atomic E-state index is 0. The average molecular weight is 460 g/mol. The van der Waals surface area contributed by atoms with Crippen LogP contribution in [0.4, 0.5) is 14.7 Å². The van der Waals surface area contributed by atoms with Gasteiger partial charge in [-0.2, -0.15) is 0 Å². The van der Waals surface area contributed by atoms with Crippen LogP contribution in [0.25, 0.3) is 0 Å². The van der Waals surface area contributed by atoms with Crippen LogP contribution in [0.15, 0.2) is 41.7 Å². The van der Waals surface area contributed by atoms with E-state index in [1.165, 1.54) is 12.1 Å². The van der Waals surface area contributed by atoms with Crippen LogP contribution in [0.2, 0.25) is 0 Å². The molecule has 6 nitrogen and oxygen atoms in total. The molecule has 1 aromatic heterocycles. The zero-order chi connectivity index (χ0) is 16.9. The Hall–Kier alpha value is -2.04. The summed E-state index contributed by atoms with van der Waals surface area (Å²) in [4.78, 5) is 16.7. The normalized spacial score (nSPS) is 15.0. The Morgan fingerprint density at radius 3 is 2.44 bits per heavy atom. The number of halogens is 3. The molecule has 0 unspecified atom stereocenters. The van der Waals surface area contributed by atoms with Gasteiger partial charge in [-0.3, -0.25) is 0 Å². The van der Waals surface area contributed by atoms with Gasteiger partial charge in [0.15, 0.2) is 5.96 Å². The summed E-state index contributed by atoms with van der Waals surface area (Å²) in [5.41, 5.74) is 6.31. The molecule has 0 aliphatic carbocycles. The van der Waals surface area contributed by atoms with Crippen molar-refractivity contribution in [1.82, 2.24) is 14.9 Å². The third kappa shape index (κ3) is 4.97. The standard InChI is InChI=1S/C16H18F2N6.HI/c17-13-3-2-12(14(18)10-13)11-22-15(19)23-6-8-24(9-7-23)16-20-4-1-5-21-16;/h1-5,10H,6-9,11H2,(H2,19,22);1H. The maximum absolute atomic E-state index is 13.6. The molecule has 0 spiro atoms. The Bertz CT molecular complexity index is 720. The Labute approximate surface area is 161 Å². The number of guanidine groups is 1. The summed E-state index contributed by atoms with van der Waals surface area (Å²) in [7, 11) is 0. The molecule has 1 fully saturated rings. The first kappa shape index (κ1) is 19.3. The highest BCUT2D eigenvalue weighted by Gasteiger charge is 2.19. The second-order valence-corrected chi connectivity index (χ2v) is 5.43. The summed E-state index contributed by atoms with van der Waals surface area (Å²) in [6.45, 7) is 2.90. The molecule has 2 heterocycles. The lowest BCUT2D eigenvalue weighted by Gasteiger charge is -2.35. The topological polar surface area (TPSA) is 70.6 Å². The number of hydrogen-bond acceptors (Lipinski definition) is 4. The quantitative estimate of drug-likeness (QED) is 0.431. The van der Waals surface area contributed by atoms with Crippen molar-refractivity contribution in [2.45, 2.75) is 6.54 Å². The van der Waals surface area contributed by atoms with E-state index in [2.05, 4.69) is 19.9 Å². The fraction of sp³-hybridized carbons (Fsp3) is 0.312. The largest absolute Gasteiger partial charge is 0.370 e. The first-order valence-electron chi connectivity index (χ1n) is 7.64. The molecular formula is C16H19F2IN6. The number of rotatable bonds is 3. The molecular weight excluding hydrogens is 441 g/mol. The first-order chi connectivity index (χ1) is 11.6. The molecule has 1 aliphatic rings. The molecule has 0 radical (unpaired) electrons. The van der Waals surface area contributed by atoms with Gasteiger partial charge in [-0.05, 0) is 12.1 Å². The number of piperazine rings is 1. The van der Waals surface area contributed by atoms with E-state index < -0.39 is 11.6 Å². The van der Waals surface area contributed by atoms with Crippen molar-refractivity contribution < 1.29 is 8.78 Å². The number of hydrogen-bond donors (Lipinski definition) is 1. The first-order valence-corrected chi connectivity index (χ1v) is 7.64. The Morgan fingerprint density at radius 1 is 1.12 bits per heavy atom. The Kier molecular flexibility index (Phi) is 6.85. The van der Waals surface area contributed by atoms with E-state index in [-0.39, 0.29) is 30.5 Å². The van der Waals surface area contributed by atoms with Gasteiger partial charge in [0.2, 0.25) is 5.95 Å². The highest BCUT2D eigenvalue weighted by Crippen LogP contribution is 2.12. The predicted molar refractivity (Wildman–Crippen MR) is 103 cm³/mol. The summed E-state index contributed by atoms with van der Waals surface area (Å²) in [5, 5.41) is 0. The molecule has 0 amide bonds. The number of aliphatic imine (C=N–C) groups is 1. The number of aromatic nitrogens is 2. The number of nitrogens with zero attached hydrogens (tertiary/aromatic N) is 5. The molecule has 0 saturated carbocycles. The van der Waals surface area contributed by atoms with Gasteiger partial charge in [-0.25, -0.2) is 23.7 Å². The van der Waals surface area contributed by atoms with Crippen molar-refractivity contribution in [2.24, 2.45) is 10.7 Å². The third-order valence-corrected chi connectivity index (χ3v) is 3.87. The number of anilines is 1. The number of benzene rings is 1. The smallest absolute Gasteiger partial charge is 0.225 e. The fourth-order valence-electron chi connectivity index (χ4n) is 2.51. The van der Waals surface area contributed by atoms with Gasteiger partial charge in [-0.15, -0.1) is 24.0 Å². The molecule has 2 aromatic rings. The molecule has 3 rings (SSSR count). The summed E-state index contributed by atoms with van der Waals surface area (Å²) in [5.74, 6) is -0.168. The molecule has 134 valence electrons. The zero-order valence-electron chi connectivity index (χ0n) is 13.5. The van der Waals surface area contributed by atoms with Gasteiger partial charge in [0.1, 0.15) is 11.6 Å². The van der Waals surface area contributed by atoms with Crippen molar-refractivity contribution in [3.63, 3.8) is 0 Å². The fourth-order valence-corrected chi connectivity index (χ4v) is 2.51. The van der Waals surface area contributed by atoms with Gasteiger partial charge in [0, 0.05) is 50.2 Å². The summed E-state index contributed by atoms with van der Waals surface area (Å²) >= 11 is 0. The molecule has 1 saturated heterocycles. The van der Waals surface area contributed by atoms with Gasteiger partial charge in [0.05, 0.1) is 6.54 Å². The van der Waals surface area contributed by atoms with Crippen molar-refractivity contribution >= 4 is 35.9 Å². The van der Waals surface area contributed by atoms with Crippen molar-refractivity contribution in [3.05, 3.63) is 53.9 Å². The minimum Gasteiger partial charge on any atom is -0.370 e. The second kappa shape index (κ2) is 8.88. The lowest BCUT2D eigenvalue weighted by Crippen LogP contribution is -2.51. The van der Waals surface area contributed by atoms with E-state index in [0.29, 0.717) is 30.6 Å². The third-order valence-electron chi connectivity index (χ3n) is 3.87. The monoisotopic (exact) mass is 460 g/mol. The van der Waals surface area contributed by atoms with E-state index in [1.54, 1.807) is 18.5 Å². The molecule has 1 aliphatic heterocycles. The molecule has 0 atom stereocenters. The van der Waals surface area contributed by atoms with Crippen molar-refractivity contribution in [1.29, 1.82) is 0 Å². The van der Waals surface area contributed by atoms with E-state index in [1.807, 2.05) is 4.90 Å². The second-order valence-electron chi connectivity index (χ2n) is 5.43. The summed E-state index contributed by atoms with van der Waals surface area (Å²) in [6.07, 6.45) is 3.42. The van der Waals surface area contributed by atoms with E-state index in [0.717, 1.165) is 19.2 Å². The molecule has 0 bridgehead atoms. The SMILES string of the molecule is I.NC(=NCc1ccc(F)cc1F)N1CCN(c2ncccn2)CC1. The maximum Gasteiger partial charge on any atom is 0.225 e. The van der Waals surface area contributed by atoms with Crippen LogP contribution in [-0.4, -0.2) is 47.0 Å². The van der Waals surface area contributed by atoms with Gasteiger partial charge in [-0.1, -0.05) is 6.07 Å². The lowest BCUT2D eigenvalue weighted by molar-refractivity contribution is 0.378. The molecule has 25 heavy (non-hydrogen) atoms. The van der Waals surface area contributed by atoms with Crippen LogP contribution in [-0.2, 0) is 6.54 Å². The molecule has 1 aromatic carbocycles. The molecule has 2 N–H and O–H groups in total. The minimum atomic E-state index is -0.613. The van der Waals surface area contributed by atoms with Gasteiger partial charge < -0.3 is 15.5 Å². The van der Waals surface area contributed by atoms with Crippen LogP contribution in [0.1, 0.15) is 5.56 Å². The van der Waals surface area contributed by atoms with E-state index >= 15 is 0 Å². The summed E-state index contributed by atoms with van der Waals surface area (Å²) < 4.78 is 26.5. The lowest BCUT2D eigenvalue weighted by atomic mass is 10.2. The van der Waals surface area contributed by atoms with Crippen LogP contribution in [0, 0.1) is 11.6 Å². The van der Waals surface area contributed by atoms with Crippen LogP contribution >= 0.6 is 24.0 Å². The van der Waals surface area contributed by atoms with Crippen molar-refractivity contribution in [3.8, 4) is 0 Å². The average Bonchev–Trinajstić information content (AvgIpc) is 2.62. The highest BCUT2D eigenvalue weighted by molar-refractivity contribution is 14.0. The van der Waals surface area contributed by atoms with Gasteiger partial charge in [0.25, 0.3) is 0 Å². The predicted octanol–water partition coefficient (Wildman–Crippen LogP) is 2.01. The summed E-state index contributed by atoms with van der Waals surface area (Å²) in [6, 6.07) is 5.22. The van der Waals surface area contributed by atoms with Crippen LogP contribution < -0.4 is 10.6 Å². The van der Waals surface area contributed by atoms with Crippen molar-refractivity contribution in [2.75, 3.05) is 31.1 Å². The zero-order valence-corrected chi connectivity index (χ0v) is 15.8. The molecule has 9 heteroatoms. The van der Waals surface area contributed by atoms with E-state index in [4.69, 9.17) is 5.73 Å². The van der Waals surface area contributed by atoms with E-state index in [9.17, 15) is 8.78 Å². The maximum atomic E-state index is 13.6. The highest BCUT2D eigenvalue weighted by atomic mass is 127. The Balaban J connectivity index is 0.00000225.